The summed E-state index contributed by atoms with van der Waals surface area (Å²) in [6.07, 6.45) is 0. The van der Waals surface area contributed by atoms with Crippen LogP contribution in [-0.4, -0.2) is 20.2 Å². The highest BCUT2D eigenvalue weighted by molar-refractivity contribution is 5.72. The normalized spacial score (nSPS) is 10.8. The quantitative estimate of drug-likeness (QED) is 0.736. The van der Waals surface area contributed by atoms with Gasteiger partial charge in [0.25, 0.3) is 0 Å². The molecule has 2 aromatic carbocycles. The van der Waals surface area contributed by atoms with Crippen molar-refractivity contribution < 1.29 is 13.2 Å². The second-order valence-electron chi connectivity index (χ2n) is 4.22. The number of rotatable bonds is 2. The van der Waals surface area contributed by atoms with Crippen molar-refractivity contribution in [3.8, 4) is 17.1 Å². The van der Waals surface area contributed by atoms with E-state index in [1.54, 1.807) is 0 Å². The maximum atomic E-state index is 13.8. The fraction of sp³-hybridized carbons (Fsp3) is 0. The van der Waals surface area contributed by atoms with Gasteiger partial charge in [-0.2, -0.15) is 4.68 Å². The lowest BCUT2D eigenvalue weighted by atomic mass is 10.1. The Morgan fingerprint density at radius 1 is 1.00 bits per heavy atom. The summed E-state index contributed by atoms with van der Waals surface area (Å²) in [7, 11) is 0. The fourth-order valence-corrected chi connectivity index (χ4v) is 1.92. The van der Waals surface area contributed by atoms with Crippen LogP contribution >= 0.6 is 0 Å². The topological polar surface area (TPSA) is 69.6 Å². The Bertz CT molecular complexity index is 795. The van der Waals surface area contributed by atoms with E-state index in [1.165, 1.54) is 12.1 Å². The van der Waals surface area contributed by atoms with Gasteiger partial charge in [0.15, 0.2) is 17.5 Å². The molecule has 0 radical (unpaired) electrons. The van der Waals surface area contributed by atoms with E-state index in [4.69, 9.17) is 5.73 Å². The zero-order valence-corrected chi connectivity index (χ0v) is 10.5. The number of aromatic nitrogens is 4. The van der Waals surface area contributed by atoms with E-state index in [1.807, 2.05) is 0 Å². The van der Waals surface area contributed by atoms with Gasteiger partial charge in [-0.25, -0.2) is 13.2 Å². The monoisotopic (exact) mass is 291 g/mol. The highest BCUT2D eigenvalue weighted by Crippen LogP contribution is 2.27. The average molecular weight is 291 g/mol. The van der Waals surface area contributed by atoms with Crippen LogP contribution < -0.4 is 5.73 Å². The Balaban J connectivity index is 2.25. The van der Waals surface area contributed by atoms with Gasteiger partial charge in [-0.15, -0.1) is 5.10 Å². The SMILES string of the molecule is Nc1ccc(F)cc1-c1nnnn1-c1c(F)cccc1F. The molecular weight excluding hydrogens is 283 g/mol. The van der Waals surface area contributed by atoms with Crippen LogP contribution in [-0.2, 0) is 0 Å². The summed E-state index contributed by atoms with van der Waals surface area (Å²) >= 11 is 0. The molecule has 106 valence electrons. The van der Waals surface area contributed by atoms with Crippen molar-refractivity contribution in [2.24, 2.45) is 0 Å². The lowest BCUT2D eigenvalue weighted by molar-refractivity contribution is 0.557. The second-order valence-corrected chi connectivity index (χ2v) is 4.22. The molecule has 0 unspecified atom stereocenters. The van der Waals surface area contributed by atoms with E-state index in [0.717, 1.165) is 28.9 Å². The Kier molecular flexibility index (Phi) is 3.05. The molecule has 0 saturated heterocycles. The minimum absolute atomic E-state index is 0.0593. The zero-order chi connectivity index (χ0) is 15.0. The van der Waals surface area contributed by atoms with E-state index in [-0.39, 0.29) is 17.1 Å². The standard InChI is InChI=1S/C13H8F3N5/c14-7-4-5-11(17)8(6-7)13-18-19-20-21(13)12-9(15)2-1-3-10(12)16/h1-6H,17H2. The van der Waals surface area contributed by atoms with E-state index in [0.29, 0.717) is 0 Å². The Morgan fingerprint density at radius 3 is 2.43 bits per heavy atom. The molecule has 0 fully saturated rings. The molecule has 0 spiro atoms. The number of hydrogen-bond acceptors (Lipinski definition) is 4. The number of nitrogens with two attached hydrogens (primary N) is 1. The lowest BCUT2D eigenvalue weighted by Crippen LogP contribution is -2.06. The van der Waals surface area contributed by atoms with Gasteiger partial charge in [0, 0.05) is 11.3 Å². The summed E-state index contributed by atoms with van der Waals surface area (Å²) in [5.74, 6) is -2.32. The first-order valence-corrected chi connectivity index (χ1v) is 5.86. The first kappa shape index (κ1) is 13.1. The largest absolute Gasteiger partial charge is 0.398 e. The Morgan fingerprint density at radius 2 is 1.71 bits per heavy atom. The van der Waals surface area contributed by atoms with E-state index >= 15 is 0 Å². The summed E-state index contributed by atoms with van der Waals surface area (Å²) in [5, 5.41) is 10.6. The van der Waals surface area contributed by atoms with Crippen molar-refractivity contribution in [1.29, 1.82) is 0 Å². The number of hydrogen-bond donors (Lipinski definition) is 1. The van der Waals surface area contributed by atoms with Crippen molar-refractivity contribution in [1.82, 2.24) is 20.2 Å². The molecule has 1 aromatic heterocycles. The van der Waals surface area contributed by atoms with Crippen molar-refractivity contribution in [2.45, 2.75) is 0 Å². The number of nitrogen functional groups attached to an aromatic ring is 1. The molecule has 3 aromatic rings. The molecule has 0 saturated carbocycles. The number of nitrogens with zero attached hydrogens (tertiary/aromatic N) is 4. The molecule has 1 heterocycles. The number of tetrazole rings is 1. The highest BCUT2D eigenvalue weighted by atomic mass is 19.1. The molecule has 5 nitrogen and oxygen atoms in total. The number of halogens is 3. The third-order valence-electron chi connectivity index (χ3n) is 2.88. The van der Waals surface area contributed by atoms with Gasteiger partial charge in [-0.05, 0) is 40.8 Å². The molecule has 0 amide bonds. The maximum absolute atomic E-state index is 13.8. The van der Waals surface area contributed by atoms with Crippen LogP contribution in [0.5, 0.6) is 0 Å². The van der Waals surface area contributed by atoms with Gasteiger partial charge >= 0.3 is 0 Å². The van der Waals surface area contributed by atoms with Crippen LogP contribution in [0, 0.1) is 17.5 Å². The third-order valence-corrected chi connectivity index (χ3v) is 2.88. The predicted molar refractivity (Wildman–Crippen MR) is 68.9 cm³/mol. The smallest absolute Gasteiger partial charge is 0.189 e. The van der Waals surface area contributed by atoms with Gasteiger partial charge in [0.2, 0.25) is 0 Å². The number of para-hydroxylation sites is 1. The van der Waals surface area contributed by atoms with E-state index in [2.05, 4.69) is 15.5 Å². The highest BCUT2D eigenvalue weighted by Gasteiger charge is 2.19. The Hall–Kier alpha value is -2.90. The van der Waals surface area contributed by atoms with E-state index < -0.39 is 23.1 Å². The first-order chi connectivity index (χ1) is 10.1. The average Bonchev–Trinajstić information content (AvgIpc) is 2.90. The van der Waals surface area contributed by atoms with Crippen LogP contribution in [0.25, 0.3) is 17.1 Å². The van der Waals surface area contributed by atoms with Crippen molar-refractivity contribution >= 4 is 5.69 Å². The molecular formula is C13H8F3N5. The molecule has 0 aliphatic heterocycles. The minimum Gasteiger partial charge on any atom is -0.398 e. The summed E-state index contributed by atoms with van der Waals surface area (Å²) < 4.78 is 41.8. The maximum Gasteiger partial charge on any atom is 0.189 e. The van der Waals surface area contributed by atoms with Crippen LogP contribution in [0.3, 0.4) is 0 Å². The molecule has 8 heteroatoms. The van der Waals surface area contributed by atoms with Gasteiger partial charge in [-0.1, -0.05) is 6.07 Å². The lowest BCUT2D eigenvalue weighted by Gasteiger charge is -2.08. The summed E-state index contributed by atoms with van der Waals surface area (Å²) in [5.41, 5.74) is 5.61. The molecule has 0 atom stereocenters. The van der Waals surface area contributed by atoms with Gasteiger partial charge in [0.1, 0.15) is 11.5 Å². The van der Waals surface area contributed by atoms with Crippen molar-refractivity contribution in [3.63, 3.8) is 0 Å². The molecule has 0 bridgehead atoms. The third kappa shape index (κ3) is 2.20. The molecule has 21 heavy (non-hydrogen) atoms. The molecule has 2 N–H and O–H groups in total. The van der Waals surface area contributed by atoms with Crippen LogP contribution in [0.15, 0.2) is 36.4 Å². The first-order valence-electron chi connectivity index (χ1n) is 5.86. The van der Waals surface area contributed by atoms with E-state index in [9.17, 15) is 13.2 Å². The second kappa shape index (κ2) is 4.89. The fourth-order valence-electron chi connectivity index (χ4n) is 1.92. The van der Waals surface area contributed by atoms with Gasteiger partial charge in [0.05, 0.1) is 0 Å². The van der Waals surface area contributed by atoms with Crippen molar-refractivity contribution in [2.75, 3.05) is 5.73 Å². The molecule has 3 rings (SSSR count). The minimum atomic E-state index is -0.849. The summed E-state index contributed by atoms with van der Waals surface area (Å²) in [4.78, 5) is 0. The number of anilines is 1. The number of benzene rings is 2. The summed E-state index contributed by atoms with van der Waals surface area (Å²) in [6.45, 7) is 0. The molecule has 0 aliphatic carbocycles. The summed E-state index contributed by atoms with van der Waals surface area (Å²) in [6, 6.07) is 6.93. The van der Waals surface area contributed by atoms with Crippen LogP contribution in [0.2, 0.25) is 0 Å². The van der Waals surface area contributed by atoms with Gasteiger partial charge < -0.3 is 5.73 Å². The van der Waals surface area contributed by atoms with Gasteiger partial charge in [-0.3, -0.25) is 0 Å². The Labute approximate surface area is 116 Å². The molecule has 0 aliphatic rings. The van der Waals surface area contributed by atoms with Crippen LogP contribution in [0.1, 0.15) is 0 Å². The predicted octanol–water partition coefficient (Wildman–Crippen LogP) is 2.33. The van der Waals surface area contributed by atoms with Crippen molar-refractivity contribution in [3.05, 3.63) is 53.8 Å². The zero-order valence-electron chi connectivity index (χ0n) is 10.5. The van der Waals surface area contributed by atoms with Crippen LogP contribution in [0.4, 0.5) is 18.9 Å².